The Labute approximate surface area is 151 Å². The third-order valence-corrected chi connectivity index (χ3v) is 4.83. The Balaban J connectivity index is 2.15. The number of nitrogens with zero attached hydrogens (tertiary/aromatic N) is 3. The van der Waals surface area contributed by atoms with Gasteiger partial charge in [0.2, 0.25) is 6.20 Å². The van der Waals surface area contributed by atoms with Crippen LogP contribution >= 0.6 is 0 Å². The highest BCUT2D eigenvalue weighted by molar-refractivity contribution is 5.73. The van der Waals surface area contributed by atoms with E-state index in [-0.39, 0.29) is 0 Å². The monoisotopic (exact) mass is 335 g/mol. The van der Waals surface area contributed by atoms with E-state index in [2.05, 4.69) is 104 Å². The maximum absolute atomic E-state index is 2.42. The normalized spacial score (nSPS) is 17.2. The molecule has 130 valence electrons. The minimum atomic E-state index is 0.500. The molecule has 0 aliphatic heterocycles. The molecule has 1 aliphatic carbocycles. The van der Waals surface area contributed by atoms with E-state index in [1.807, 2.05) is 0 Å². The molecule has 1 atom stereocenters. The average Bonchev–Trinajstić information content (AvgIpc) is 2.90. The van der Waals surface area contributed by atoms with Crippen LogP contribution in [0.25, 0.3) is 11.4 Å². The lowest BCUT2D eigenvalue weighted by Gasteiger charge is -2.11. The number of aryl methyl sites for hydroxylation is 2. The molecule has 3 heteroatoms. The van der Waals surface area contributed by atoms with Gasteiger partial charge in [0, 0.05) is 16.3 Å². The molecule has 0 N–H and O–H groups in total. The minimum absolute atomic E-state index is 0.500. The molecule has 2 heterocycles. The van der Waals surface area contributed by atoms with Crippen LogP contribution in [-0.4, -0.2) is 4.68 Å². The van der Waals surface area contributed by atoms with Gasteiger partial charge < -0.3 is 0 Å². The fourth-order valence-corrected chi connectivity index (χ4v) is 3.51. The molecule has 3 nitrogen and oxygen atoms in total. The van der Waals surface area contributed by atoms with Gasteiger partial charge in [0.25, 0.3) is 0 Å². The van der Waals surface area contributed by atoms with Gasteiger partial charge in [-0.25, -0.2) is 4.57 Å². The molecular formula is C22H29N3+2. The first kappa shape index (κ1) is 17.4. The average molecular weight is 335 g/mol. The molecular weight excluding hydrogens is 306 g/mol. The molecule has 0 bridgehead atoms. The number of pyridine rings is 1. The van der Waals surface area contributed by atoms with Crippen LogP contribution in [0.2, 0.25) is 0 Å². The Bertz CT molecular complexity index is 865. The molecule has 0 saturated carbocycles. The van der Waals surface area contributed by atoms with Crippen LogP contribution in [-0.2, 0) is 14.1 Å². The second-order valence-electron chi connectivity index (χ2n) is 7.07. The van der Waals surface area contributed by atoms with Gasteiger partial charge in [0.15, 0.2) is 13.2 Å². The predicted molar refractivity (Wildman–Crippen MR) is 102 cm³/mol. The van der Waals surface area contributed by atoms with Gasteiger partial charge in [-0.05, 0) is 48.6 Å². The number of aromatic nitrogens is 3. The highest BCUT2D eigenvalue weighted by Gasteiger charge is 2.22. The van der Waals surface area contributed by atoms with Crippen molar-refractivity contribution in [2.24, 2.45) is 20.0 Å². The fraction of sp³-hybridized carbons (Fsp3) is 0.364. The summed E-state index contributed by atoms with van der Waals surface area (Å²) < 4.78 is 6.56. The predicted octanol–water partition coefficient (Wildman–Crippen LogP) is 3.75. The van der Waals surface area contributed by atoms with Crippen molar-refractivity contribution in [3.63, 3.8) is 0 Å². The summed E-state index contributed by atoms with van der Waals surface area (Å²) in [5.74, 6) is 1.67. The van der Waals surface area contributed by atoms with E-state index < -0.39 is 0 Å². The quantitative estimate of drug-likeness (QED) is 0.755. The Hall–Kier alpha value is -2.42. The SMILES string of the molecule is CCCC1C=CC(C)=CC(c2cc(C)cc(-n3ccc[n+]3C)[n+]2C)=C1. The van der Waals surface area contributed by atoms with Crippen LogP contribution in [0.5, 0.6) is 0 Å². The third kappa shape index (κ3) is 3.65. The van der Waals surface area contributed by atoms with Crippen molar-refractivity contribution in [2.45, 2.75) is 33.6 Å². The molecule has 1 aliphatic rings. The molecule has 25 heavy (non-hydrogen) atoms. The van der Waals surface area contributed by atoms with Crippen molar-refractivity contribution in [3.8, 4) is 5.82 Å². The highest BCUT2D eigenvalue weighted by atomic mass is 15.4. The first-order valence-electron chi connectivity index (χ1n) is 9.12. The van der Waals surface area contributed by atoms with Crippen LogP contribution in [0.3, 0.4) is 0 Å². The van der Waals surface area contributed by atoms with Crippen molar-refractivity contribution in [1.82, 2.24) is 4.68 Å². The molecule has 0 amide bonds. The van der Waals surface area contributed by atoms with Gasteiger partial charge in [-0.2, -0.15) is 0 Å². The molecule has 0 fully saturated rings. The van der Waals surface area contributed by atoms with Crippen molar-refractivity contribution in [2.75, 3.05) is 0 Å². The maximum atomic E-state index is 2.42. The smallest absolute Gasteiger partial charge is 0.225 e. The summed E-state index contributed by atoms with van der Waals surface area (Å²) in [6.07, 6.45) is 15.9. The van der Waals surface area contributed by atoms with Gasteiger partial charge in [-0.3, -0.25) is 0 Å². The topological polar surface area (TPSA) is 12.7 Å². The van der Waals surface area contributed by atoms with Crippen molar-refractivity contribution >= 4 is 5.57 Å². The zero-order chi connectivity index (χ0) is 18.0. The number of rotatable bonds is 4. The Kier molecular flexibility index (Phi) is 5.03. The van der Waals surface area contributed by atoms with Crippen molar-refractivity contribution < 1.29 is 9.25 Å². The maximum Gasteiger partial charge on any atom is 0.342 e. The summed E-state index contributed by atoms with van der Waals surface area (Å²) in [5.41, 5.74) is 5.14. The molecule has 1 unspecified atom stereocenters. The Morgan fingerprint density at radius 1 is 1.16 bits per heavy atom. The van der Waals surface area contributed by atoms with Gasteiger partial charge >= 0.3 is 5.82 Å². The standard InChI is InChI=1S/C22H29N3/c1-6-8-19-10-9-17(2)13-20(16-19)21-14-18(3)15-22(24(21)5)25-12-7-11-23(25)4/h7,9-16,19H,6,8H2,1-5H3/q+2. The summed E-state index contributed by atoms with van der Waals surface area (Å²) in [4.78, 5) is 0. The van der Waals surface area contributed by atoms with Crippen LogP contribution in [0, 0.1) is 12.8 Å². The third-order valence-electron chi connectivity index (χ3n) is 4.83. The van der Waals surface area contributed by atoms with E-state index in [1.54, 1.807) is 0 Å². The van der Waals surface area contributed by atoms with Crippen LogP contribution in [0.15, 0.2) is 60.5 Å². The summed E-state index contributed by atoms with van der Waals surface area (Å²) in [6, 6.07) is 6.59. The highest BCUT2D eigenvalue weighted by Crippen LogP contribution is 2.25. The first-order chi connectivity index (χ1) is 12.0. The van der Waals surface area contributed by atoms with Gasteiger partial charge in [0.05, 0.1) is 13.1 Å². The van der Waals surface area contributed by atoms with Crippen LogP contribution in [0.1, 0.15) is 37.9 Å². The lowest BCUT2D eigenvalue weighted by Crippen LogP contribution is -2.46. The second kappa shape index (κ2) is 7.22. The molecule has 0 spiro atoms. The lowest BCUT2D eigenvalue weighted by molar-refractivity contribution is -0.765. The molecule has 2 aromatic rings. The van der Waals surface area contributed by atoms with Crippen LogP contribution < -0.4 is 9.25 Å². The summed E-state index contributed by atoms with van der Waals surface area (Å²) in [6.45, 7) is 6.61. The molecule has 0 radical (unpaired) electrons. The first-order valence-corrected chi connectivity index (χ1v) is 9.12. The summed E-state index contributed by atoms with van der Waals surface area (Å²) in [7, 11) is 4.22. The molecule has 3 rings (SSSR count). The Morgan fingerprint density at radius 2 is 1.96 bits per heavy atom. The second-order valence-corrected chi connectivity index (χ2v) is 7.07. The van der Waals surface area contributed by atoms with Crippen molar-refractivity contribution in [3.05, 3.63) is 71.7 Å². The van der Waals surface area contributed by atoms with Gasteiger partial charge in [-0.1, -0.05) is 37.1 Å². The molecule has 0 aromatic carbocycles. The van der Waals surface area contributed by atoms with E-state index in [0.29, 0.717) is 5.92 Å². The van der Waals surface area contributed by atoms with Gasteiger partial charge in [-0.15, -0.1) is 0 Å². The van der Waals surface area contributed by atoms with E-state index in [1.165, 1.54) is 41.1 Å². The lowest BCUT2D eigenvalue weighted by atomic mass is 9.99. The molecule has 0 saturated heterocycles. The number of allylic oxidation sites excluding steroid dienone is 6. The van der Waals surface area contributed by atoms with Crippen molar-refractivity contribution in [1.29, 1.82) is 0 Å². The number of hydrogen-bond acceptors (Lipinski definition) is 0. The summed E-state index contributed by atoms with van der Waals surface area (Å²) in [5, 5.41) is 0. The van der Waals surface area contributed by atoms with Gasteiger partial charge in [0.1, 0.15) is 5.69 Å². The fourth-order valence-electron chi connectivity index (χ4n) is 3.51. The summed E-state index contributed by atoms with van der Waals surface area (Å²) >= 11 is 0. The van der Waals surface area contributed by atoms with E-state index in [4.69, 9.17) is 0 Å². The zero-order valence-electron chi connectivity index (χ0n) is 16.0. The largest absolute Gasteiger partial charge is 0.342 e. The minimum Gasteiger partial charge on any atom is -0.225 e. The zero-order valence-corrected chi connectivity index (χ0v) is 16.0. The molecule has 2 aromatic heterocycles. The Morgan fingerprint density at radius 3 is 2.64 bits per heavy atom. The number of hydrogen-bond donors (Lipinski definition) is 0. The van der Waals surface area contributed by atoms with E-state index >= 15 is 0 Å². The van der Waals surface area contributed by atoms with E-state index in [9.17, 15) is 0 Å². The van der Waals surface area contributed by atoms with Crippen LogP contribution in [0.4, 0.5) is 0 Å². The van der Waals surface area contributed by atoms with E-state index in [0.717, 1.165) is 0 Å².